The number of pyridine rings is 1. The summed E-state index contributed by atoms with van der Waals surface area (Å²) in [6.07, 6.45) is 1.25. The molecule has 2 rings (SSSR count). The molecule has 21 heavy (non-hydrogen) atoms. The minimum absolute atomic E-state index is 0.0493. The number of anilines is 3. The molecule has 8 heteroatoms. The summed E-state index contributed by atoms with van der Waals surface area (Å²) in [6, 6.07) is 7.42. The van der Waals surface area contributed by atoms with Gasteiger partial charge >= 0.3 is 6.61 Å². The number of hydrogen-bond acceptors (Lipinski definition) is 5. The Morgan fingerprint density at radius 1 is 1.33 bits per heavy atom. The Labute approximate surface area is 118 Å². The average Bonchev–Trinajstić information content (AvgIpc) is 2.42. The number of primary amides is 1. The molecule has 0 spiro atoms. The lowest BCUT2D eigenvalue weighted by molar-refractivity contribution is -0.0493. The van der Waals surface area contributed by atoms with Crippen LogP contribution in [0.4, 0.5) is 26.0 Å². The van der Waals surface area contributed by atoms with Gasteiger partial charge in [0.2, 0.25) is 0 Å². The van der Waals surface area contributed by atoms with Crippen molar-refractivity contribution in [3.8, 4) is 5.75 Å². The first-order valence-electron chi connectivity index (χ1n) is 5.83. The van der Waals surface area contributed by atoms with Crippen LogP contribution in [0.3, 0.4) is 0 Å². The molecule has 110 valence electrons. The van der Waals surface area contributed by atoms with E-state index in [-0.39, 0.29) is 28.5 Å². The highest BCUT2D eigenvalue weighted by atomic mass is 19.3. The molecule has 0 atom stereocenters. The molecule has 0 saturated carbocycles. The van der Waals surface area contributed by atoms with E-state index in [2.05, 4.69) is 15.0 Å². The number of hydrogen-bond donors (Lipinski definition) is 3. The summed E-state index contributed by atoms with van der Waals surface area (Å²) in [5.74, 6) is -0.537. The van der Waals surface area contributed by atoms with Crippen molar-refractivity contribution in [3.05, 3.63) is 42.1 Å². The van der Waals surface area contributed by atoms with Crippen molar-refractivity contribution >= 4 is 23.1 Å². The van der Waals surface area contributed by atoms with Gasteiger partial charge in [-0.3, -0.25) is 4.79 Å². The molecule has 1 amide bonds. The average molecular weight is 294 g/mol. The molecule has 0 radical (unpaired) electrons. The molecule has 0 bridgehead atoms. The Kier molecular flexibility index (Phi) is 4.17. The molecule has 5 N–H and O–H groups in total. The number of nitrogens with one attached hydrogen (secondary N) is 1. The smallest absolute Gasteiger partial charge is 0.387 e. The monoisotopic (exact) mass is 294 g/mol. The quantitative estimate of drug-likeness (QED) is 0.783. The highest BCUT2D eigenvalue weighted by molar-refractivity contribution is 5.98. The topological polar surface area (TPSA) is 103 Å². The number of nitrogens with zero attached hydrogens (tertiary/aromatic N) is 1. The number of nitrogens with two attached hydrogens (primary N) is 2. The largest absolute Gasteiger partial charge is 0.433 e. The molecule has 1 aromatic carbocycles. The maximum absolute atomic E-state index is 12.3. The number of alkyl halides is 2. The molecule has 1 heterocycles. The molecule has 0 unspecified atom stereocenters. The number of para-hydroxylation sites is 2. The number of carbonyl (C=O) groups excluding carboxylic acids is 1. The van der Waals surface area contributed by atoms with Crippen molar-refractivity contribution in [2.45, 2.75) is 6.61 Å². The van der Waals surface area contributed by atoms with Crippen LogP contribution in [0.25, 0.3) is 0 Å². The van der Waals surface area contributed by atoms with Crippen LogP contribution in [0.5, 0.6) is 5.75 Å². The van der Waals surface area contributed by atoms with E-state index < -0.39 is 12.5 Å². The molecule has 0 aliphatic heterocycles. The summed E-state index contributed by atoms with van der Waals surface area (Å²) >= 11 is 0. The number of carbonyl (C=O) groups is 1. The first-order valence-corrected chi connectivity index (χ1v) is 5.83. The van der Waals surface area contributed by atoms with Gasteiger partial charge in [-0.2, -0.15) is 8.78 Å². The Morgan fingerprint density at radius 2 is 2.05 bits per heavy atom. The van der Waals surface area contributed by atoms with Gasteiger partial charge in [-0.25, -0.2) is 4.98 Å². The minimum Gasteiger partial charge on any atom is -0.433 e. The van der Waals surface area contributed by atoms with E-state index in [9.17, 15) is 13.6 Å². The summed E-state index contributed by atoms with van der Waals surface area (Å²) in [5.41, 5.74) is 11.2. The van der Waals surface area contributed by atoms with Crippen LogP contribution < -0.4 is 21.5 Å². The van der Waals surface area contributed by atoms with Crippen molar-refractivity contribution < 1.29 is 18.3 Å². The summed E-state index contributed by atoms with van der Waals surface area (Å²) in [5, 5.41) is 2.77. The number of halogens is 2. The summed E-state index contributed by atoms with van der Waals surface area (Å²) in [6.45, 7) is -2.95. The van der Waals surface area contributed by atoms with Crippen LogP contribution >= 0.6 is 0 Å². The van der Waals surface area contributed by atoms with Crippen molar-refractivity contribution in [2.24, 2.45) is 5.73 Å². The van der Waals surface area contributed by atoms with Crippen LogP contribution in [-0.2, 0) is 0 Å². The summed E-state index contributed by atoms with van der Waals surface area (Å²) in [7, 11) is 0. The second-order valence-corrected chi connectivity index (χ2v) is 4.02. The van der Waals surface area contributed by atoms with Crippen molar-refractivity contribution in [2.75, 3.05) is 11.1 Å². The third-order valence-electron chi connectivity index (χ3n) is 2.57. The van der Waals surface area contributed by atoms with Crippen LogP contribution in [-0.4, -0.2) is 17.5 Å². The number of rotatable bonds is 5. The third kappa shape index (κ3) is 3.56. The molecule has 0 saturated heterocycles. The zero-order valence-corrected chi connectivity index (χ0v) is 10.7. The van der Waals surface area contributed by atoms with E-state index in [0.717, 1.165) is 0 Å². The number of aromatic nitrogens is 1. The lowest BCUT2D eigenvalue weighted by Gasteiger charge is -2.12. The fraction of sp³-hybridized carbons (Fsp3) is 0.0769. The van der Waals surface area contributed by atoms with Gasteiger partial charge in [-0.15, -0.1) is 0 Å². The lowest BCUT2D eigenvalue weighted by Crippen LogP contribution is -2.14. The maximum atomic E-state index is 12.3. The van der Waals surface area contributed by atoms with E-state index in [1.807, 2.05) is 0 Å². The Balaban J connectivity index is 2.30. The lowest BCUT2D eigenvalue weighted by atomic mass is 10.2. The van der Waals surface area contributed by atoms with E-state index in [0.29, 0.717) is 0 Å². The first kappa shape index (κ1) is 14.5. The Hall–Kier alpha value is -2.90. The second-order valence-electron chi connectivity index (χ2n) is 4.02. The van der Waals surface area contributed by atoms with Gasteiger partial charge in [-0.05, 0) is 18.2 Å². The minimum atomic E-state index is -2.95. The van der Waals surface area contributed by atoms with E-state index in [4.69, 9.17) is 11.5 Å². The van der Waals surface area contributed by atoms with Crippen LogP contribution in [0.15, 0.2) is 36.5 Å². The fourth-order valence-corrected chi connectivity index (χ4v) is 1.65. The molecule has 1 aromatic heterocycles. The number of amides is 1. The van der Waals surface area contributed by atoms with Crippen LogP contribution in [0.2, 0.25) is 0 Å². The summed E-state index contributed by atoms with van der Waals surface area (Å²) < 4.78 is 29.0. The zero-order chi connectivity index (χ0) is 15.4. The van der Waals surface area contributed by atoms with Crippen molar-refractivity contribution in [3.63, 3.8) is 0 Å². The van der Waals surface area contributed by atoms with Gasteiger partial charge in [0.1, 0.15) is 11.6 Å². The predicted molar refractivity (Wildman–Crippen MR) is 73.5 cm³/mol. The zero-order valence-electron chi connectivity index (χ0n) is 10.7. The van der Waals surface area contributed by atoms with Gasteiger partial charge in [0.05, 0.1) is 23.1 Å². The van der Waals surface area contributed by atoms with E-state index in [1.54, 1.807) is 12.1 Å². The fourth-order valence-electron chi connectivity index (χ4n) is 1.65. The normalized spacial score (nSPS) is 10.4. The molecule has 0 aliphatic rings. The first-order chi connectivity index (χ1) is 9.97. The molecule has 6 nitrogen and oxygen atoms in total. The molecular weight excluding hydrogens is 282 g/mol. The van der Waals surface area contributed by atoms with E-state index in [1.165, 1.54) is 24.4 Å². The predicted octanol–water partition coefficient (Wildman–Crippen LogP) is 2.11. The van der Waals surface area contributed by atoms with Crippen molar-refractivity contribution in [1.29, 1.82) is 0 Å². The standard InChI is InChI=1S/C13H12F2N4O2/c14-13(15)21-10-4-2-1-3-9(10)19-11-5-7(12(17)20)8(16)6-18-11/h1-6,13H,16H2,(H2,17,20)(H,18,19). The van der Waals surface area contributed by atoms with Gasteiger partial charge in [0, 0.05) is 0 Å². The molecule has 0 aliphatic carbocycles. The van der Waals surface area contributed by atoms with Gasteiger partial charge in [-0.1, -0.05) is 12.1 Å². The van der Waals surface area contributed by atoms with E-state index >= 15 is 0 Å². The van der Waals surface area contributed by atoms with Crippen molar-refractivity contribution in [1.82, 2.24) is 4.98 Å². The van der Waals surface area contributed by atoms with Crippen LogP contribution in [0.1, 0.15) is 10.4 Å². The SMILES string of the molecule is NC(=O)c1cc(Nc2ccccc2OC(F)F)ncc1N. The number of ether oxygens (including phenoxy) is 1. The summed E-state index contributed by atoms with van der Waals surface area (Å²) in [4.78, 5) is 15.2. The third-order valence-corrected chi connectivity index (χ3v) is 2.57. The van der Waals surface area contributed by atoms with Gasteiger partial charge in [0.15, 0.2) is 0 Å². The Bertz CT molecular complexity index is 664. The molecule has 2 aromatic rings. The second kappa shape index (κ2) is 6.04. The maximum Gasteiger partial charge on any atom is 0.387 e. The highest BCUT2D eigenvalue weighted by Crippen LogP contribution is 2.28. The van der Waals surface area contributed by atoms with Crippen LogP contribution in [0, 0.1) is 0 Å². The van der Waals surface area contributed by atoms with Gasteiger partial charge < -0.3 is 21.5 Å². The molecular formula is C13H12F2N4O2. The number of nitrogen functional groups attached to an aromatic ring is 1. The Morgan fingerprint density at radius 3 is 2.71 bits per heavy atom. The highest BCUT2D eigenvalue weighted by Gasteiger charge is 2.12. The number of benzene rings is 1. The van der Waals surface area contributed by atoms with Gasteiger partial charge in [0.25, 0.3) is 5.91 Å². The molecule has 0 fully saturated rings.